The Balaban J connectivity index is 2.07. The summed E-state index contributed by atoms with van der Waals surface area (Å²) in [6, 6.07) is 15.0. The van der Waals surface area contributed by atoms with Crippen molar-refractivity contribution < 1.29 is 14.3 Å². The standard InChI is InChI=1S/C19H18O4/c1-12(13-7-4-3-5-8-13)11-15-17(20)14-9-6-10-16(22-2)18(14)23-19(15)21/h3-10,12,20H,11H2,1-2H3. The third-order valence-corrected chi connectivity index (χ3v) is 4.06. The maximum Gasteiger partial charge on any atom is 0.343 e. The van der Waals surface area contributed by atoms with E-state index in [1.807, 2.05) is 37.3 Å². The van der Waals surface area contributed by atoms with Crippen LogP contribution >= 0.6 is 0 Å². The topological polar surface area (TPSA) is 59.7 Å². The highest BCUT2D eigenvalue weighted by Crippen LogP contribution is 2.34. The van der Waals surface area contributed by atoms with Crippen LogP contribution in [-0.4, -0.2) is 12.2 Å². The summed E-state index contributed by atoms with van der Waals surface area (Å²) in [4.78, 5) is 12.3. The predicted octanol–water partition coefficient (Wildman–Crippen LogP) is 3.85. The minimum absolute atomic E-state index is 0.0297. The molecule has 0 spiro atoms. The van der Waals surface area contributed by atoms with Gasteiger partial charge in [0, 0.05) is 0 Å². The monoisotopic (exact) mass is 310 g/mol. The minimum Gasteiger partial charge on any atom is -0.507 e. The Morgan fingerprint density at radius 1 is 1.13 bits per heavy atom. The van der Waals surface area contributed by atoms with Gasteiger partial charge in [-0.2, -0.15) is 0 Å². The molecule has 0 aliphatic heterocycles. The first-order valence-corrected chi connectivity index (χ1v) is 7.48. The highest BCUT2D eigenvalue weighted by Gasteiger charge is 2.19. The van der Waals surface area contributed by atoms with Gasteiger partial charge in [0.15, 0.2) is 11.3 Å². The molecule has 1 unspecified atom stereocenters. The van der Waals surface area contributed by atoms with Gasteiger partial charge in [0.05, 0.1) is 18.1 Å². The van der Waals surface area contributed by atoms with Crippen LogP contribution in [0.5, 0.6) is 11.5 Å². The van der Waals surface area contributed by atoms with Crippen LogP contribution in [0.4, 0.5) is 0 Å². The molecule has 0 aliphatic carbocycles. The summed E-state index contributed by atoms with van der Waals surface area (Å²) in [6.45, 7) is 2.02. The molecule has 1 atom stereocenters. The first-order valence-electron chi connectivity index (χ1n) is 7.48. The van der Waals surface area contributed by atoms with E-state index < -0.39 is 5.63 Å². The van der Waals surface area contributed by atoms with E-state index in [9.17, 15) is 9.90 Å². The van der Waals surface area contributed by atoms with Crippen molar-refractivity contribution >= 4 is 11.0 Å². The van der Waals surface area contributed by atoms with E-state index >= 15 is 0 Å². The highest BCUT2D eigenvalue weighted by atomic mass is 16.5. The molecule has 4 heteroatoms. The molecule has 0 saturated heterocycles. The van der Waals surface area contributed by atoms with Crippen molar-refractivity contribution in [1.29, 1.82) is 0 Å². The number of fused-ring (bicyclic) bond motifs is 1. The lowest BCUT2D eigenvalue weighted by molar-refractivity contribution is 0.402. The first-order chi connectivity index (χ1) is 11.1. The fourth-order valence-electron chi connectivity index (χ4n) is 2.77. The maximum absolute atomic E-state index is 12.3. The van der Waals surface area contributed by atoms with Crippen molar-refractivity contribution in [2.24, 2.45) is 0 Å². The summed E-state index contributed by atoms with van der Waals surface area (Å²) in [5, 5.41) is 11.0. The SMILES string of the molecule is COc1cccc2c(O)c(CC(C)c3ccccc3)c(=O)oc12. The Hall–Kier alpha value is -2.75. The van der Waals surface area contributed by atoms with Crippen molar-refractivity contribution in [1.82, 2.24) is 0 Å². The van der Waals surface area contributed by atoms with E-state index in [0.717, 1.165) is 5.56 Å². The summed E-state index contributed by atoms with van der Waals surface area (Å²) in [5.41, 5.74) is 1.15. The Labute approximate surface area is 134 Å². The fraction of sp³-hybridized carbons (Fsp3) is 0.211. The third kappa shape index (κ3) is 2.80. The largest absolute Gasteiger partial charge is 0.507 e. The second kappa shape index (κ2) is 6.16. The van der Waals surface area contributed by atoms with Crippen LogP contribution in [0.25, 0.3) is 11.0 Å². The maximum atomic E-state index is 12.3. The molecule has 118 valence electrons. The molecule has 0 saturated carbocycles. The number of hydrogen-bond donors (Lipinski definition) is 1. The lowest BCUT2D eigenvalue weighted by atomic mass is 9.93. The second-order valence-electron chi connectivity index (χ2n) is 5.57. The summed E-state index contributed by atoms with van der Waals surface area (Å²) < 4.78 is 10.6. The second-order valence-corrected chi connectivity index (χ2v) is 5.57. The number of benzene rings is 2. The van der Waals surface area contributed by atoms with Gasteiger partial charge in [-0.25, -0.2) is 4.79 Å². The molecule has 3 rings (SSSR count). The van der Waals surface area contributed by atoms with E-state index in [1.165, 1.54) is 7.11 Å². The number of para-hydroxylation sites is 1. The van der Waals surface area contributed by atoms with Crippen molar-refractivity contribution in [3.05, 3.63) is 70.1 Å². The molecule has 2 aromatic carbocycles. The molecule has 0 fully saturated rings. The zero-order valence-electron chi connectivity index (χ0n) is 13.1. The van der Waals surface area contributed by atoms with Gasteiger partial charge in [0.1, 0.15) is 5.75 Å². The number of methoxy groups -OCH3 is 1. The predicted molar refractivity (Wildman–Crippen MR) is 89.3 cm³/mol. The lowest BCUT2D eigenvalue weighted by Gasteiger charge is -2.13. The molecule has 0 aliphatic rings. The van der Waals surface area contributed by atoms with Gasteiger partial charge in [-0.1, -0.05) is 43.3 Å². The van der Waals surface area contributed by atoms with E-state index in [4.69, 9.17) is 9.15 Å². The number of rotatable bonds is 4. The van der Waals surface area contributed by atoms with E-state index in [0.29, 0.717) is 23.1 Å². The molecule has 23 heavy (non-hydrogen) atoms. The molecular weight excluding hydrogens is 292 g/mol. The van der Waals surface area contributed by atoms with Crippen LogP contribution in [0.15, 0.2) is 57.7 Å². The van der Waals surface area contributed by atoms with Crippen LogP contribution in [0.2, 0.25) is 0 Å². The number of ether oxygens (including phenoxy) is 1. The van der Waals surface area contributed by atoms with E-state index in [2.05, 4.69) is 0 Å². The Bertz CT molecular complexity index is 881. The van der Waals surface area contributed by atoms with Crippen LogP contribution in [0, 0.1) is 0 Å². The highest BCUT2D eigenvalue weighted by molar-refractivity contribution is 5.88. The average Bonchev–Trinajstić information content (AvgIpc) is 2.58. The zero-order chi connectivity index (χ0) is 16.4. The van der Waals surface area contributed by atoms with Gasteiger partial charge >= 0.3 is 5.63 Å². The van der Waals surface area contributed by atoms with Crippen LogP contribution in [0.1, 0.15) is 24.0 Å². The molecule has 0 radical (unpaired) electrons. The Morgan fingerprint density at radius 3 is 2.57 bits per heavy atom. The normalized spacial score (nSPS) is 12.3. The lowest BCUT2D eigenvalue weighted by Crippen LogP contribution is -2.11. The van der Waals surface area contributed by atoms with Gasteiger partial charge in [-0.3, -0.25) is 0 Å². The van der Waals surface area contributed by atoms with Gasteiger partial charge in [-0.05, 0) is 30.0 Å². The Kier molecular flexibility index (Phi) is 4.06. The van der Waals surface area contributed by atoms with Crippen molar-refractivity contribution in [2.75, 3.05) is 7.11 Å². The van der Waals surface area contributed by atoms with Gasteiger partial charge in [0.2, 0.25) is 0 Å². The summed E-state index contributed by atoms with van der Waals surface area (Å²) in [5.74, 6) is 0.489. The number of aromatic hydroxyl groups is 1. The van der Waals surface area contributed by atoms with Crippen molar-refractivity contribution in [3.8, 4) is 11.5 Å². The van der Waals surface area contributed by atoms with Gasteiger partial charge < -0.3 is 14.3 Å². The summed E-state index contributed by atoms with van der Waals surface area (Å²) in [6.07, 6.45) is 0.408. The molecular formula is C19H18O4. The average molecular weight is 310 g/mol. The summed E-state index contributed by atoms with van der Waals surface area (Å²) in [7, 11) is 1.50. The fourth-order valence-corrected chi connectivity index (χ4v) is 2.77. The van der Waals surface area contributed by atoms with Gasteiger partial charge in [-0.15, -0.1) is 0 Å². The molecule has 1 N–H and O–H groups in total. The van der Waals surface area contributed by atoms with Gasteiger partial charge in [0.25, 0.3) is 0 Å². The third-order valence-electron chi connectivity index (χ3n) is 4.06. The first kappa shape index (κ1) is 15.2. The molecule has 0 bridgehead atoms. The molecule has 3 aromatic rings. The molecule has 4 nitrogen and oxygen atoms in total. The van der Waals surface area contributed by atoms with Crippen molar-refractivity contribution in [3.63, 3.8) is 0 Å². The van der Waals surface area contributed by atoms with E-state index in [1.54, 1.807) is 18.2 Å². The number of hydrogen-bond acceptors (Lipinski definition) is 4. The quantitative estimate of drug-likeness (QED) is 0.744. The molecule has 1 heterocycles. The molecule has 1 aromatic heterocycles. The zero-order valence-corrected chi connectivity index (χ0v) is 13.1. The van der Waals surface area contributed by atoms with Crippen LogP contribution < -0.4 is 10.4 Å². The van der Waals surface area contributed by atoms with Crippen molar-refractivity contribution in [2.45, 2.75) is 19.3 Å². The van der Waals surface area contributed by atoms with Crippen LogP contribution in [0.3, 0.4) is 0 Å². The van der Waals surface area contributed by atoms with E-state index in [-0.39, 0.29) is 17.3 Å². The molecule has 0 amide bonds. The minimum atomic E-state index is -0.526. The van der Waals surface area contributed by atoms with Crippen LogP contribution in [-0.2, 0) is 6.42 Å². The summed E-state index contributed by atoms with van der Waals surface area (Å²) >= 11 is 0. The Morgan fingerprint density at radius 2 is 1.87 bits per heavy atom. The smallest absolute Gasteiger partial charge is 0.343 e.